The second-order valence-corrected chi connectivity index (χ2v) is 6.99. The van der Waals surface area contributed by atoms with Crippen molar-refractivity contribution in [2.75, 3.05) is 37.6 Å². The third-order valence-electron chi connectivity index (χ3n) is 3.40. The van der Waals surface area contributed by atoms with Crippen LogP contribution in [0.5, 0.6) is 0 Å². The Labute approximate surface area is 129 Å². The van der Waals surface area contributed by atoms with Crippen LogP contribution in [0.25, 0.3) is 0 Å². The van der Waals surface area contributed by atoms with Crippen LogP contribution in [0.1, 0.15) is 20.8 Å². The molecule has 116 valence electrons. The Bertz CT molecular complexity index is 488. The number of amides is 2. The van der Waals surface area contributed by atoms with Crippen LogP contribution in [-0.2, 0) is 9.59 Å². The van der Waals surface area contributed by atoms with Gasteiger partial charge in [-0.25, -0.2) is 4.98 Å². The molecule has 2 heterocycles. The first kappa shape index (κ1) is 15.8. The highest BCUT2D eigenvalue weighted by Gasteiger charge is 2.25. The molecule has 1 N–H and O–H groups in total. The fourth-order valence-electron chi connectivity index (χ4n) is 2.05. The molecule has 1 aromatic heterocycles. The largest absolute Gasteiger partial charge is 0.347 e. The fourth-order valence-corrected chi connectivity index (χ4v) is 2.75. The lowest BCUT2D eigenvalue weighted by atomic mass is 9.96. The van der Waals surface area contributed by atoms with Crippen LogP contribution in [0.2, 0.25) is 0 Å². The minimum Gasteiger partial charge on any atom is -0.347 e. The van der Waals surface area contributed by atoms with E-state index in [1.807, 2.05) is 26.2 Å². The van der Waals surface area contributed by atoms with Crippen LogP contribution in [0.4, 0.5) is 5.13 Å². The second-order valence-electron chi connectivity index (χ2n) is 6.12. The molecule has 2 rings (SSSR count). The minimum absolute atomic E-state index is 0.0219. The number of carbonyl (C=O) groups is 2. The van der Waals surface area contributed by atoms with Crippen molar-refractivity contribution >= 4 is 28.3 Å². The van der Waals surface area contributed by atoms with Gasteiger partial charge in [0.05, 0.1) is 6.54 Å². The van der Waals surface area contributed by atoms with E-state index in [9.17, 15) is 9.59 Å². The highest BCUT2D eigenvalue weighted by molar-refractivity contribution is 7.13. The molecule has 1 saturated heterocycles. The molecule has 0 unspecified atom stereocenters. The fraction of sp³-hybridized carbons (Fsp3) is 0.643. The molecule has 0 aromatic carbocycles. The van der Waals surface area contributed by atoms with E-state index < -0.39 is 5.41 Å². The summed E-state index contributed by atoms with van der Waals surface area (Å²) < 4.78 is 0. The van der Waals surface area contributed by atoms with Crippen molar-refractivity contribution in [3.8, 4) is 0 Å². The van der Waals surface area contributed by atoms with E-state index >= 15 is 0 Å². The lowest BCUT2D eigenvalue weighted by Crippen LogP contribution is -2.51. The molecular weight excluding hydrogens is 288 g/mol. The number of nitrogens with one attached hydrogen (secondary N) is 1. The molecule has 2 amide bonds. The number of thiazole rings is 1. The van der Waals surface area contributed by atoms with Crippen LogP contribution in [0.3, 0.4) is 0 Å². The quantitative estimate of drug-likeness (QED) is 0.903. The first-order valence-electron chi connectivity index (χ1n) is 7.08. The molecule has 0 radical (unpaired) electrons. The minimum atomic E-state index is -0.468. The molecule has 6 nitrogen and oxygen atoms in total. The molecule has 0 spiro atoms. The number of aromatic nitrogens is 1. The van der Waals surface area contributed by atoms with E-state index in [1.54, 1.807) is 22.4 Å². The van der Waals surface area contributed by atoms with E-state index in [4.69, 9.17) is 0 Å². The number of piperazine rings is 1. The first-order valence-corrected chi connectivity index (χ1v) is 7.96. The lowest BCUT2D eigenvalue weighted by molar-refractivity contribution is -0.135. The monoisotopic (exact) mass is 310 g/mol. The normalized spacial score (nSPS) is 16.0. The lowest BCUT2D eigenvalue weighted by Gasteiger charge is -2.34. The molecule has 1 aromatic rings. The van der Waals surface area contributed by atoms with Crippen molar-refractivity contribution < 1.29 is 9.59 Å². The van der Waals surface area contributed by atoms with Gasteiger partial charge in [-0.05, 0) is 0 Å². The summed E-state index contributed by atoms with van der Waals surface area (Å²) in [7, 11) is 0. The van der Waals surface area contributed by atoms with Gasteiger partial charge in [0.15, 0.2) is 5.13 Å². The molecule has 21 heavy (non-hydrogen) atoms. The number of anilines is 1. The van der Waals surface area contributed by atoms with E-state index in [-0.39, 0.29) is 18.4 Å². The SMILES string of the molecule is CC(C)(C)C(=O)NCC(=O)N1CCN(c2nccs2)CC1. The number of rotatable bonds is 3. The topological polar surface area (TPSA) is 65.5 Å². The zero-order valence-corrected chi connectivity index (χ0v) is 13.6. The zero-order chi connectivity index (χ0) is 15.5. The van der Waals surface area contributed by atoms with Gasteiger partial charge in [-0.1, -0.05) is 20.8 Å². The average molecular weight is 310 g/mol. The molecule has 0 saturated carbocycles. The molecule has 0 bridgehead atoms. The van der Waals surface area contributed by atoms with Gasteiger partial charge in [0.25, 0.3) is 0 Å². The van der Waals surface area contributed by atoms with Crippen molar-refractivity contribution in [1.29, 1.82) is 0 Å². The Hall–Kier alpha value is -1.63. The van der Waals surface area contributed by atoms with Crippen molar-refractivity contribution in [3.05, 3.63) is 11.6 Å². The second kappa shape index (κ2) is 6.43. The maximum atomic E-state index is 12.1. The third kappa shape index (κ3) is 4.17. The Morgan fingerprint density at radius 3 is 2.48 bits per heavy atom. The van der Waals surface area contributed by atoms with Gasteiger partial charge in [-0.3, -0.25) is 9.59 Å². The summed E-state index contributed by atoms with van der Waals surface area (Å²) >= 11 is 1.61. The molecule has 0 atom stereocenters. The van der Waals surface area contributed by atoms with E-state index in [1.165, 1.54) is 0 Å². The van der Waals surface area contributed by atoms with Gasteiger partial charge >= 0.3 is 0 Å². The zero-order valence-electron chi connectivity index (χ0n) is 12.8. The average Bonchev–Trinajstić information content (AvgIpc) is 2.97. The van der Waals surface area contributed by atoms with Crippen LogP contribution in [-0.4, -0.2) is 54.4 Å². The number of hydrogen-bond donors (Lipinski definition) is 1. The van der Waals surface area contributed by atoms with Crippen molar-refractivity contribution in [3.63, 3.8) is 0 Å². The van der Waals surface area contributed by atoms with Gasteiger partial charge in [-0.2, -0.15) is 0 Å². The van der Waals surface area contributed by atoms with Crippen molar-refractivity contribution in [1.82, 2.24) is 15.2 Å². The third-order valence-corrected chi connectivity index (χ3v) is 4.24. The van der Waals surface area contributed by atoms with Gasteiger partial charge in [-0.15, -0.1) is 11.3 Å². The predicted molar refractivity (Wildman–Crippen MR) is 83.4 cm³/mol. The molecular formula is C14H22N4O2S. The van der Waals surface area contributed by atoms with Gasteiger partial charge in [0.2, 0.25) is 11.8 Å². The van der Waals surface area contributed by atoms with Gasteiger partial charge in [0, 0.05) is 43.2 Å². The molecule has 1 aliphatic heterocycles. The van der Waals surface area contributed by atoms with Crippen molar-refractivity contribution in [2.24, 2.45) is 5.41 Å². The standard InChI is InChI=1S/C14H22N4O2S/c1-14(2,3)12(20)16-10-11(19)17-5-7-18(8-6-17)13-15-4-9-21-13/h4,9H,5-8,10H2,1-3H3,(H,16,20). The summed E-state index contributed by atoms with van der Waals surface area (Å²) in [6.45, 7) is 8.48. The first-order chi connectivity index (χ1) is 9.88. The van der Waals surface area contributed by atoms with Crippen molar-refractivity contribution in [2.45, 2.75) is 20.8 Å². The molecule has 1 aliphatic rings. The van der Waals surface area contributed by atoms with E-state index in [0.717, 1.165) is 18.2 Å². The smallest absolute Gasteiger partial charge is 0.242 e. The van der Waals surface area contributed by atoms with Gasteiger partial charge in [0.1, 0.15) is 0 Å². The molecule has 7 heteroatoms. The summed E-state index contributed by atoms with van der Waals surface area (Å²) in [6, 6.07) is 0. The maximum Gasteiger partial charge on any atom is 0.242 e. The predicted octanol–water partition coefficient (Wildman–Crippen LogP) is 0.954. The Balaban J connectivity index is 1.77. The molecule has 1 fully saturated rings. The maximum absolute atomic E-state index is 12.1. The Kier molecular flexibility index (Phi) is 4.82. The van der Waals surface area contributed by atoms with Crippen LogP contribution in [0.15, 0.2) is 11.6 Å². The van der Waals surface area contributed by atoms with E-state index in [2.05, 4.69) is 15.2 Å². The summed E-state index contributed by atoms with van der Waals surface area (Å²) in [5.41, 5.74) is -0.468. The summed E-state index contributed by atoms with van der Waals surface area (Å²) in [6.07, 6.45) is 1.79. The number of carbonyl (C=O) groups excluding carboxylic acids is 2. The van der Waals surface area contributed by atoms with E-state index in [0.29, 0.717) is 13.1 Å². The number of nitrogens with zero attached hydrogens (tertiary/aromatic N) is 3. The van der Waals surface area contributed by atoms with Crippen LogP contribution in [0, 0.1) is 5.41 Å². The Morgan fingerprint density at radius 1 is 1.29 bits per heavy atom. The highest BCUT2D eigenvalue weighted by Crippen LogP contribution is 2.18. The molecule has 0 aliphatic carbocycles. The highest BCUT2D eigenvalue weighted by atomic mass is 32.1. The summed E-state index contributed by atoms with van der Waals surface area (Å²) in [5, 5.41) is 5.66. The summed E-state index contributed by atoms with van der Waals surface area (Å²) in [5.74, 6) is -0.122. The number of hydrogen-bond acceptors (Lipinski definition) is 5. The van der Waals surface area contributed by atoms with Crippen LogP contribution >= 0.6 is 11.3 Å². The van der Waals surface area contributed by atoms with Crippen LogP contribution < -0.4 is 10.2 Å². The summed E-state index contributed by atoms with van der Waals surface area (Å²) in [4.78, 5) is 32.1. The van der Waals surface area contributed by atoms with Gasteiger partial charge < -0.3 is 15.1 Å². The Morgan fingerprint density at radius 2 is 1.95 bits per heavy atom.